The summed E-state index contributed by atoms with van der Waals surface area (Å²) in [4.78, 5) is 16.7. The van der Waals surface area contributed by atoms with Crippen LogP contribution in [-0.2, 0) is 11.2 Å². The van der Waals surface area contributed by atoms with Crippen molar-refractivity contribution in [1.29, 1.82) is 0 Å². The lowest BCUT2D eigenvalue weighted by Gasteiger charge is -2.30. The highest BCUT2D eigenvalue weighted by molar-refractivity contribution is 7.71. The Balaban J connectivity index is 3.70. The van der Waals surface area contributed by atoms with Gasteiger partial charge in [0.05, 0.1) is 39.7 Å². The third-order valence-electron chi connectivity index (χ3n) is 1.82. The van der Waals surface area contributed by atoms with Gasteiger partial charge in [0.25, 0.3) is 0 Å². The molecule has 1 aromatic heterocycles. The van der Waals surface area contributed by atoms with Crippen LogP contribution in [0.5, 0.6) is 0 Å². The minimum absolute atomic E-state index is 0.0765. The molecule has 0 radical (unpaired) electrons. The van der Waals surface area contributed by atoms with E-state index in [0.717, 1.165) is 0 Å². The Kier molecular flexibility index (Phi) is 1.22. The van der Waals surface area contributed by atoms with Crippen LogP contribution in [0.4, 0.5) is 0 Å². The van der Waals surface area contributed by atoms with E-state index in [9.17, 15) is 9.90 Å². The fraction of sp³-hybridized carbons (Fsp3) is 0.556. The molecule has 0 saturated carbocycles. The molecule has 0 aliphatic heterocycles. The van der Waals surface area contributed by atoms with Crippen LogP contribution >= 0.6 is 12.2 Å². The number of hydrogen-bond donors (Lipinski definition) is 3. The lowest BCUT2D eigenvalue weighted by Crippen LogP contribution is -2.51. The van der Waals surface area contributed by atoms with Crippen LogP contribution in [0.1, 0.15) is 18.0 Å². The number of carboxylic acids is 1. The number of aromatic nitrogens is 2. The van der Waals surface area contributed by atoms with Crippen molar-refractivity contribution in [3.05, 3.63) is 16.7 Å². The molecule has 0 amide bonds. The summed E-state index contributed by atoms with van der Waals surface area (Å²) in [6.07, 6.45) is 0.545. The zero-order chi connectivity index (χ0) is 19.1. The number of carboxylic acid groups (broad SMARTS) is 1. The Morgan fingerprint density at radius 1 is 1.73 bits per heavy atom. The molecule has 15 heavy (non-hydrogen) atoms. The van der Waals surface area contributed by atoms with Crippen molar-refractivity contribution in [3.8, 4) is 0 Å². The number of carbonyl (C=O) groups is 1. The molecule has 5 nitrogen and oxygen atoms in total. The largest absolute Gasteiger partial charge is 0.477 e. The normalized spacial score (nSPS) is 25.2. The van der Waals surface area contributed by atoms with E-state index in [1.54, 1.807) is 0 Å². The van der Waals surface area contributed by atoms with Gasteiger partial charge >= 0.3 is 5.97 Å². The molecule has 6 heteroatoms. The smallest absolute Gasteiger partial charge is 0.362 e. The second-order valence-electron chi connectivity index (χ2n) is 3.05. The van der Waals surface area contributed by atoms with Gasteiger partial charge in [-0.2, -0.15) is 0 Å². The van der Waals surface area contributed by atoms with Crippen molar-refractivity contribution in [2.24, 2.45) is 0 Å². The van der Waals surface area contributed by atoms with Crippen molar-refractivity contribution in [3.63, 3.8) is 0 Å². The molecule has 0 aliphatic carbocycles. The molecule has 0 bridgehead atoms. The van der Waals surface area contributed by atoms with Crippen molar-refractivity contribution < 1.29 is 26.7 Å². The van der Waals surface area contributed by atoms with E-state index in [4.69, 9.17) is 24.6 Å². The van der Waals surface area contributed by atoms with Gasteiger partial charge in [-0.25, -0.2) is 4.79 Å². The Bertz CT molecular complexity index is 621. The highest BCUT2D eigenvalue weighted by Gasteiger charge is 2.31. The first-order valence-corrected chi connectivity index (χ1v) is 4.35. The summed E-state index contributed by atoms with van der Waals surface area (Å²) in [6.45, 7) is -10.9. The SMILES string of the molecule is [2H]C([2H])([2H])[N+](C(Cc1c[nH]c(=S)[nH]1)C(=O)O)(C([2H])([2H])[2H])C([2H])([2H])[2H]. The third-order valence-corrected chi connectivity index (χ3v) is 2.04. The second-order valence-corrected chi connectivity index (χ2v) is 3.46. The predicted molar refractivity (Wildman–Crippen MR) is 59.1 cm³/mol. The van der Waals surface area contributed by atoms with Gasteiger partial charge in [0.15, 0.2) is 10.8 Å². The lowest BCUT2D eigenvalue weighted by atomic mass is 10.1. The third kappa shape index (κ3) is 3.17. The molecule has 84 valence electrons. The van der Waals surface area contributed by atoms with Gasteiger partial charge < -0.3 is 19.6 Å². The first kappa shape index (κ1) is 4.39. The molecular weight excluding hydrogens is 214 g/mol. The number of quaternary nitrogens is 1. The number of rotatable bonds is 4. The molecule has 0 fully saturated rings. The summed E-state index contributed by atoms with van der Waals surface area (Å²) in [5.41, 5.74) is 0.0765. The average molecular weight is 239 g/mol. The Morgan fingerprint density at radius 3 is 2.80 bits per heavy atom. The predicted octanol–water partition coefficient (Wildman–Crippen LogP) is 0.774. The number of aliphatic carboxylic acids is 1. The molecule has 1 heterocycles. The Morgan fingerprint density at radius 2 is 2.40 bits per heavy atom. The summed E-state index contributed by atoms with van der Waals surface area (Å²) in [5.74, 6) is -1.86. The monoisotopic (exact) mass is 239 g/mol. The fourth-order valence-corrected chi connectivity index (χ4v) is 1.27. The summed E-state index contributed by atoms with van der Waals surface area (Å²) >= 11 is 4.77. The van der Waals surface area contributed by atoms with Crippen LogP contribution in [0.25, 0.3) is 0 Å². The van der Waals surface area contributed by atoms with E-state index in [-0.39, 0.29) is 10.5 Å². The number of nitrogens with one attached hydrogen (secondary N) is 2. The van der Waals surface area contributed by atoms with E-state index in [2.05, 4.69) is 9.97 Å². The van der Waals surface area contributed by atoms with Crippen molar-refractivity contribution >= 4 is 18.2 Å². The van der Waals surface area contributed by atoms with Crippen LogP contribution in [0.3, 0.4) is 0 Å². The topological polar surface area (TPSA) is 68.9 Å². The number of H-pyrrole nitrogens is 2. The van der Waals surface area contributed by atoms with E-state index < -0.39 is 43.8 Å². The highest BCUT2D eigenvalue weighted by atomic mass is 32.1. The van der Waals surface area contributed by atoms with Crippen LogP contribution < -0.4 is 0 Å². The first-order valence-electron chi connectivity index (χ1n) is 8.44. The molecule has 1 rings (SSSR count). The molecule has 1 aromatic rings. The summed E-state index contributed by atoms with van der Waals surface area (Å²) in [6, 6.07) is -2.29. The van der Waals surface area contributed by atoms with Crippen molar-refractivity contribution in [2.75, 3.05) is 20.9 Å². The van der Waals surface area contributed by atoms with Crippen LogP contribution in [-0.4, -0.2) is 52.5 Å². The van der Waals surface area contributed by atoms with Gasteiger partial charge in [-0.05, 0) is 12.2 Å². The molecule has 1 atom stereocenters. The number of nitrogens with zero attached hydrogens (tertiary/aromatic N) is 1. The molecule has 0 aliphatic rings. The van der Waals surface area contributed by atoms with Crippen molar-refractivity contribution in [1.82, 2.24) is 9.97 Å². The maximum Gasteiger partial charge on any atom is 0.362 e. The zero-order valence-electron chi connectivity index (χ0n) is 16.6. The van der Waals surface area contributed by atoms with Crippen LogP contribution in [0.2, 0.25) is 0 Å². The number of imidazole rings is 1. The van der Waals surface area contributed by atoms with Gasteiger partial charge in [0, 0.05) is 11.9 Å². The van der Waals surface area contributed by atoms with Crippen LogP contribution in [0.15, 0.2) is 6.20 Å². The lowest BCUT2D eigenvalue weighted by molar-refractivity contribution is -0.887. The van der Waals surface area contributed by atoms with E-state index >= 15 is 0 Å². The Hall–Kier alpha value is -1.14. The number of hydrogen-bond acceptors (Lipinski definition) is 2. The summed E-state index contributed by atoms with van der Waals surface area (Å²) in [7, 11) is 0. The van der Waals surface area contributed by atoms with Gasteiger partial charge in [-0.1, -0.05) is 0 Å². The standard InChI is InChI=1S/C9H15N3O2S/c1-12(2,3)7(8(13)14)4-6-5-10-9(15)11-6/h5,7H,4H2,1-3H3,(H2-,10,11,13,14,15)/p+1/i1D3,2D3,3D3. The van der Waals surface area contributed by atoms with E-state index in [1.165, 1.54) is 6.20 Å². The minimum atomic E-state index is -3.65. The van der Waals surface area contributed by atoms with Crippen molar-refractivity contribution in [2.45, 2.75) is 12.5 Å². The molecule has 1 unspecified atom stereocenters. The molecule has 0 saturated heterocycles. The minimum Gasteiger partial charge on any atom is -0.477 e. The van der Waals surface area contributed by atoms with Gasteiger partial charge in [-0.3, -0.25) is 0 Å². The summed E-state index contributed by atoms with van der Waals surface area (Å²) < 4.78 is 65.3. The number of aromatic amines is 2. The fourth-order valence-electron chi connectivity index (χ4n) is 1.08. The quantitative estimate of drug-likeness (QED) is 0.537. The van der Waals surface area contributed by atoms with Gasteiger partial charge in [-0.15, -0.1) is 0 Å². The van der Waals surface area contributed by atoms with Gasteiger partial charge in [0.1, 0.15) is 0 Å². The molecular formula is C9H16N3O2S+. The van der Waals surface area contributed by atoms with Gasteiger partial charge in [0.2, 0.25) is 0 Å². The summed E-state index contributed by atoms with van der Waals surface area (Å²) in [5, 5.41) is 9.45. The Labute approximate surface area is 106 Å². The van der Waals surface area contributed by atoms with Crippen LogP contribution in [0, 0.1) is 4.77 Å². The van der Waals surface area contributed by atoms with E-state index in [0.29, 0.717) is 0 Å². The highest BCUT2D eigenvalue weighted by Crippen LogP contribution is 2.09. The molecule has 0 aromatic carbocycles. The molecule has 0 spiro atoms. The molecule has 3 N–H and O–H groups in total. The second kappa shape index (κ2) is 4.16. The average Bonchev–Trinajstić information content (AvgIpc) is 2.68. The maximum atomic E-state index is 11.7. The number of likely N-dealkylation sites (N-methyl/N-ethyl adjacent to an activating group) is 1. The zero-order valence-corrected chi connectivity index (χ0v) is 8.39. The first-order chi connectivity index (χ1) is 10.6. The van der Waals surface area contributed by atoms with E-state index in [1.807, 2.05) is 0 Å². The maximum absolute atomic E-state index is 11.7.